The number of fused-ring (bicyclic) bond motifs is 1. The summed E-state index contributed by atoms with van der Waals surface area (Å²) in [5, 5.41) is 15.3. The molecule has 1 aromatic carbocycles. The second-order valence-corrected chi connectivity index (χ2v) is 6.88. The van der Waals surface area contributed by atoms with Crippen LogP contribution in [-0.2, 0) is 0 Å². The van der Waals surface area contributed by atoms with E-state index in [-0.39, 0.29) is 5.69 Å². The van der Waals surface area contributed by atoms with Gasteiger partial charge in [-0.25, -0.2) is 9.67 Å². The van der Waals surface area contributed by atoms with Crippen molar-refractivity contribution in [3.8, 4) is 5.82 Å². The number of nitrogens with zero attached hydrogens (tertiary/aromatic N) is 4. The van der Waals surface area contributed by atoms with Crippen molar-refractivity contribution in [3.63, 3.8) is 0 Å². The fourth-order valence-corrected chi connectivity index (χ4v) is 3.31. The predicted molar refractivity (Wildman–Crippen MR) is 103 cm³/mol. The van der Waals surface area contributed by atoms with Gasteiger partial charge in [0.15, 0.2) is 5.82 Å². The van der Waals surface area contributed by atoms with Crippen LogP contribution in [0.3, 0.4) is 0 Å². The van der Waals surface area contributed by atoms with Crippen LogP contribution in [0, 0.1) is 0 Å². The molecule has 3 aromatic heterocycles. The Hall–Kier alpha value is -2.42. The minimum Gasteiger partial charge on any atom is -0.319 e. The van der Waals surface area contributed by atoms with Gasteiger partial charge >= 0.3 is 0 Å². The highest BCUT2D eigenvalue weighted by atomic mass is 79.9. The third-order valence-electron chi connectivity index (χ3n) is 3.66. The molecule has 0 aliphatic rings. The number of pyridine rings is 1. The molecule has 4 rings (SSSR count). The summed E-state index contributed by atoms with van der Waals surface area (Å²) in [5.41, 5.74) is 1.49. The van der Waals surface area contributed by atoms with Gasteiger partial charge in [-0.15, -0.1) is 0 Å². The number of rotatable bonds is 3. The van der Waals surface area contributed by atoms with E-state index in [0.717, 1.165) is 5.52 Å². The third kappa shape index (κ3) is 2.96. The molecule has 0 saturated heterocycles. The molecule has 0 spiro atoms. The Morgan fingerprint density at radius 3 is 2.92 bits per heavy atom. The number of halogens is 3. The number of hydrogen-bond acceptors (Lipinski definition) is 4. The van der Waals surface area contributed by atoms with Crippen LogP contribution in [0.5, 0.6) is 0 Å². The summed E-state index contributed by atoms with van der Waals surface area (Å²) in [6.07, 6.45) is 3.17. The minimum absolute atomic E-state index is 0.251. The molecule has 0 unspecified atom stereocenters. The molecule has 130 valence electrons. The van der Waals surface area contributed by atoms with Gasteiger partial charge in [0.05, 0.1) is 27.4 Å². The highest BCUT2D eigenvalue weighted by molar-refractivity contribution is 9.10. The lowest BCUT2D eigenvalue weighted by Crippen LogP contribution is -2.18. The fraction of sp³-hybridized carbons (Fsp3) is 0. The van der Waals surface area contributed by atoms with Gasteiger partial charge in [-0.05, 0) is 40.2 Å². The van der Waals surface area contributed by atoms with Crippen molar-refractivity contribution in [3.05, 3.63) is 63.1 Å². The SMILES string of the molecule is O=C(Nc1ccc2[nH]ncc2c1Cl)c1cc(Br)nn1-c1ncccc1Cl. The van der Waals surface area contributed by atoms with E-state index in [2.05, 4.69) is 41.5 Å². The number of aromatic amines is 1. The Kier molecular flexibility index (Phi) is 4.39. The molecule has 4 aromatic rings. The molecular weight excluding hydrogens is 443 g/mol. The lowest BCUT2D eigenvalue weighted by molar-refractivity contribution is 0.101. The summed E-state index contributed by atoms with van der Waals surface area (Å²) in [6, 6.07) is 8.43. The zero-order valence-electron chi connectivity index (χ0n) is 12.9. The highest BCUT2D eigenvalue weighted by Gasteiger charge is 2.20. The number of benzene rings is 1. The molecule has 0 radical (unpaired) electrons. The maximum absolute atomic E-state index is 12.8. The lowest BCUT2D eigenvalue weighted by atomic mass is 10.2. The topological polar surface area (TPSA) is 88.5 Å². The van der Waals surface area contributed by atoms with Crippen LogP contribution < -0.4 is 5.32 Å². The van der Waals surface area contributed by atoms with Crippen molar-refractivity contribution in [2.24, 2.45) is 0 Å². The standard InChI is InChI=1S/C16H9BrCl2N6O/c17-13-6-12(25(24-13)15-9(18)2-1-5-20-15)16(26)22-11-4-3-10-8(14(11)19)7-21-23-10/h1-7H,(H,21,23)(H,22,26). The average molecular weight is 452 g/mol. The van der Waals surface area contributed by atoms with Crippen LogP contribution in [0.2, 0.25) is 10.0 Å². The Balaban J connectivity index is 1.73. The fourth-order valence-electron chi connectivity index (χ4n) is 2.47. The Morgan fingerprint density at radius 2 is 2.12 bits per heavy atom. The van der Waals surface area contributed by atoms with Crippen LogP contribution in [0.25, 0.3) is 16.7 Å². The van der Waals surface area contributed by atoms with Gasteiger partial charge in [-0.1, -0.05) is 23.2 Å². The number of anilines is 1. The molecule has 3 heterocycles. The van der Waals surface area contributed by atoms with Gasteiger partial charge in [-0.3, -0.25) is 9.89 Å². The van der Waals surface area contributed by atoms with Gasteiger partial charge in [0.2, 0.25) is 0 Å². The van der Waals surface area contributed by atoms with Crippen LogP contribution >= 0.6 is 39.1 Å². The molecule has 0 fully saturated rings. The molecule has 0 atom stereocenters. The van der Waals surface area contributed by atoms with E-state index in [1.807, 2.05) is 0 Å². The van der Waals surface area contributed by atoms with Gasteiger partial charge in [0.1, 0.15) is 10.3 Å². The maximum Gasteiger partial charge on any atom is 0.274 e. The number of aromatic nitrogens is 5. The van der Waals surface area contributed by atoms with E-state index < -0.39 is 5.91 Å². The normalized spacial score (nSPS) is 11.0. The van der Waals surface area contributed by atoms with Crippen LogP contribution in [0.4, 0.5) is 5.69 Å². The van der Waals surface area contributed by atoms with E-state index in [1.54, 1.807) is 42.7 Å². The first-order valence-electron chi connectivity index (χ1n) is 7.34. The second kappa shape index (κ2) is 6.71. The quantitative estimate of drug-likeness (QED) is 0.481. The highest BCUT2D eigenvalue weighted by Crippen LogP contribution is 2.30. The first-order chi connectivity index (χ1) is 12.5. The number of carbonyl (C=O) groups is 1. The van der Waals surface area contributed by atoms with E-state index in [1.165, 1.54) is 4.68 Å². The number of amides is 1. The van der Waals surface area contributed by atoms with E-state index in [9.17, 15) is 4.79 Å². The molecule has 0 saturated carbocycles. The zero-order valence-corrected chi connectivity index (χ0v) is 16.0. The van der Waals surface area contributed by atoms with Crippen molar-refractivity contribution in [1.82, 2.24) is 25.0 Å². The van der Waals surface area contributed by atoms with Crippen molar-refractivity contribution < 1.29 is 4.79 Å². The molecule has 7 nitrogen and oxygen atoms in total. The maximum atomic E-state index is 12.8. The average Bonchev–Trinajstić information content (AvgIpc) is 3.24. The van der Waals surface area contributed by atoms with E-state index in [4.69, 9.17) is 23.2 Å². The largest absolute Gasteiger partial charge is 0.319 e. The molecule has 0 aliphatic carbocycles. The van der Waals surface area contributed by atoms with E-state index >= 15 is 0 Å². The molecule has 1 amide bonds. The number of H-pyrrole nitrogens is 1. The molecule has 0 bridgehead atoms. The van der Waals surface area contributed by atoms with Crippen molar-refractivity contribution in [2.45, 2.75) is 0 Å². The summed E-state index contributed by atoms with van der Waals surface area (Å²) in [4.78, 5) is 17.0. The van der Waals surface area contributed by atoms with Gasteiger partial charge in [-0.2, -0.15) is 10.2 Å². The monoisotopic (exact) mass is 450 g/mol. The van der Waals surface area contributed by atoms with Gasteiger partial charge < -0.3 is 5.32 Å². The number of nitrogens with one attached hydrogen (secondary N) is 2. The zero-order chi connectivity index (χ0) is 18.3. The first kappa shape index (κ1) is 17.0. The molecule has 10 heteroatoms. The van der Waals surface area contributed by atoms with Crippen molar-refractivity contribution >= 4 is 61.6 Å². The van der Waals surface area contributed by atoms with Gasteiger partial charge in [0, 0.05) is 17.6 Å². The van der Waals surface area contributed by atoms with Crippen LogP contribution in [0.1, 0.15) is 10.5 Å². The lowest BCUT2D eigenvalue weighted by Gasteiger charge is -2.10. The number of hydrogen-bond donors (Lipinski definition) is 2. The summed E-state index contributed by atoms with van der Waals surface area (Å²) < 4.78 is 1.84. The minimum atomic E-state index is -0.408. The Bertz CT molecular complexity index is 1140. The van der Waals surface area contributed by atoms with E-state index in [0.29, 0.717) is 31.5 Å². The first-order valence-corrected chi connectivity index (χ1v) is 8.89. The van der Waals surface area contributed by atoms with Crippen molar-refractivity contribution in [1.29, 1.82) is 0 Å². The summed E-state index contributed by atoms with van der Waals surface area (Å²) in [7, 11) is 0. The number of carbonyl (C=O) groups excluding carboxylic acids is 1. The summed E-state index contributed by atoms with van der Waals surface area (Å²) >= 11 is 15.8. The van der Waals surface area contributed by atoms with Gasteiger partial charge in [0.25, 0.3) is 5.91 Å². The second-order valence-electron chi connectivity index (χ2n) is 5.29. The smallest absolute Gasteiger partial charge is 0.274 e. The Morgan fingerprint density at radius 1 is 1.27 bits per heavy atom. The molecule has 26 heavy (non-hydrogen) atoms. The summed E-state index contributed by atoms with van der Waals surface area (Å²) in [5.74, 6) is -0.0592. The summed E-state index contributed by atoms with van der Waals surface area (Å²) in [6.45, 7) is 0. The molecular formula is C16H9BrCl2N6O. The van der Waals surface area contributed by atoms with Crippen LogP contribution in [0.15, 0.2) is 47.3 Å². The predicted octanol–water partition coefficient (Wildman–Crippen LogP) is 4.47. The third-order valence-corrected chi connectivity index (χ3v) is 4.75. The molecule has 2 N–H and O–H groups in total. The Labute approximate surface area is 165 Å². The molecule has 0 aliphatic heterocycles. The van der Waals surface area contributed by atoms with Crippen molar-refractivity contribution in [2.75, 3.05) is 5.32 Å². The van der Waals surface area contributed by atoms with Crippen LogP contribution in [-0.4, -0.2) is 30.9 Å².